The minimum absolute atomic E-state index is 0.708. The van der Waals surface area contributed by atoms with Crippen molar-refractivity contribution in [2.45, 2.75) is 39.0 Å². The molecule has 0 atom stereocenters. The van der Waals surface area contributed by atoms with Crippen LogP contribution in [0.1, 0.15) is 43.4 Å². The predicted octanol–water partition coefficient (Wildman–Crippen LogP) is 2.48. The molecule has 3 nitrogen and oxygen atoms in total. The third-order valence-electron chi connectivity index (χ3n) is 2.51. The van der Waals surface area contributed by atoms with Gasteiger partial charge in [0.05, 0.1) is 5.69 Å². The number of nitrogens with one attached hydrogen (secondary N) is 1. The molecule has 14 heavy (non-hydrogen) atoms. The lowest BCUT2D eigenvalue weighted by Crippen LogP contribution is -2.06. The third kappa shape index (κ3) is 2.03. The van der Waals surface area contributed by atoms with Crippen LogP contribution in [-0.4, -0.2) is 16.5 Å². The van der Waals surface area contributed by atoms with E-state index in [1.54, 1.807) is 0 Å². The molecule has 0 radical (unpaired) electrons. The Balaban J connectivity index is 2.13. The van der Waals surface area contributed by atoms with Gasteiger partial charge in [-0.15, -0.1) is 0 Å². The topological polar surface area (TPSA) is 37.8 Å². The van der Waals surface area contributed by atoms with Crippen LogP contribution >= 0.6 is 0 Å². The third-order valence-corrected chi connectivity index (χ3v) is 2.51. The molecule has 0 spiro atoms. The molecule has 1 aliphatic carbocycles. The summed E-state index contributed by atoms with van der Waals surface area (Å²) in [7, 11) is 0. The SMILES string of the molecule is CCCNc1ncc(C)c(C2CC2)n1. The summed E-state index contributed by atoms with van der Waals surface area (Å²) in [5.74, 6) is 1.50. The van der Waals surface area contributed by atoms with Gasteiger partial charge in [0, 0.05) is 18.7 Å². The number of aryl methyl sites for hydroxylation is 1. The molecule has 2 rings (SSSR count). The maximum absolute atomic E-state index is 4.55. The molecular weight excluding hydrogens is 174 g/mol. The Bertz CT molecular complexity index is 318. The first-order valence-electron chi connectivity index (χ1n) is 5.38. The quantitative estimate of drug-likeness (QED) is 0.794. The zero-order chi connectivity index (χ0) is 9.97. The maximum Gasteiger partial charge on any atom is 0.222 e. The Morgan fingerprint density at radius 3 is 2.93 bits per heavy atom. The van der Waals surface area contributed by atoms with E-state index < -0.39 is 0 Å². The highest BCUT2D eigenvalue weighted by molar-refractivity contribution is 5.32. The van der Waals surface area contributed by atoms with E-state index >= 15 is 0 Å². The summed E-state index contributed by atoms with van der Waals surface area (Å²) in [4.78, 5) is 8.81. The largest absolute Gasteiger partial charge is 0.354 e. The maximum atomic E-state index is 4.55. The van der Waals surface area contributed by atoms with Gasteiger partial charge in [-0.1, -0.05) is 6.92 Å². The lowest BCUT2D eigenvalue weighted by Gasteiger charge is -2.06. The summed E-state index contributed by atoms with van der Waals surface area (Å²) in [5.41, 5.74) is 2.48. The second-order valence-corrected chi connectivity index (χ2v) is 3.96. The number of rotatable bonds is 4. The minimum Gasteiger partial charge on any atom is -0.354 e. The Morgan fingerprint density at radius 2 is 2.29 bits per heavy atom. The van der Waals surface area contributed by atoms with Gasteiger partial charge < -0.3 is 5.32 Å². The first-order chi connectivity index (χ1) is 6.81. The molecule has 0 amide bonds. The molecular formula is C11H17N3. The molecule has 1 aromatic rings. The fourth-order valence-corrected chi connectivity index (χ4v) is 1.55. The van der Waals surface area contributed by atoms with Gasteiger partial charge in [-0.05, 0) is 31.7 Å². The van der Waals surface area contributed by atoms with Crippen molar-refractivity contribution in [3.05, 3.63) is 17.5 Å². The van der Waals surface area contributed by atoms with E-state index in [0.29, 0.717) is 5.92 Å². The lowest BCUT2D eigenvalue weighted by atomic mass is 10.2. The Labute approximate surface area is 85.0 Å². The molecule has 1 saturated carbocycles. The second-order valence-electron chi connectivity index (χ2n) is 3.96. The van der Waals surface area contributed by atoms with Crippen molar-refractivity contribution in [1.29, 1.82) is 0 Å². The van der Waals surface area contributed by atoms with Crippen molar-refractivity contribution in [2.24, 2.45) is 0 Å². The van der Waals surface area contributed by atoms with Crippen molar-refractivity contribution < 1.29 is 0 Å². The lowest BCUT2D eigenvalue weighted by molar-refractivity contribution is 0.916. The fourth-order valence-electron chi connectivity index (χ4n) is 1.55. The van der Waals surface area contributed by atoms with Gasteiger partial charge in [-0.3, -0.25) is 0 Å². The normalized spacial score (nSPS) is 15.6. The van der Waals surface area contributed by atoms with Gasteiger partial charge in [0.1, 0.15) is 0 Å². The van der Waals surface area contributed by atoms with Gasteiger partial charge in [0.15, 0.2) is 0 Å². The highest BCUT2D eigenvalue weighted by Crippen LogP contribution is 2.40. The Morgan fingerprint density at radius 1 is 1.50 bits per heavy atom. The van der Waals surface area contributed by atoms with Crippen LogP contribution in [-0.2, 0) is 0 Å². The number of nitrogens with zero attached hydrogens (tertiary/aromatic N) is 2. The first kappa shape index (κ1) is 9.44. The zero-order valence-electron chi connectivity index (χ0n) is 8.88. The summed E-state index contributed by atoms with van der Waals surface area (Å²) < 4.78 is 0. The molecule has 1 N–H and O–H groups in total. The van der Waals surface area contributed by atoms with Crippen LogP contribution in [0.3, 0.4) is 0 Å². The van der Waals surface area contributed by atoms with E-state index in [2.05, 4.69) is 29.1 Å². The molecule has 0 saturated heterocycles. The van der Waals surface area contributed by atoms with E-state index in [1.165, 1.54) is 24.1 Å². The van der Waals surface area contributed by atoms with Gasteiger partial charge in [0.2, 0.25) is 5.95 Å². The van der Waals surface area contributed by atoms with Crippen LogP contribution in [0.15, 0.2) is 6.20 Å². The van der Waals surface area contributed by atoms with Crippen LogP contribution in [0.5, 0.6) is 0 Å². The fraction of sp³-hybridized carbons (Fsp3) is 0.636. The second kappa shape index (κ2) is 3.95. The molecule has 1 fully saturated rings. The van der Waals surface area contributed by atoms with E-state index in [-0.39, 0.29) is 0 Å². The van der Waals surface area contributed by atoms with E-state index in [0.717, 1.165) is 18.9 Å². The average molecular weight is 191 g/mol. The molecule has 1 aliphatic rings. The highest BCUT2D eigenvalue weighted by atomic mass is 15.1. The molecule has 0 aliphatic heterocycles. The predicted molar refractivity (Wildman–Crippen MR) is 57.5 cm³/mol. The van der Waals surface area contributed by atoms with Crippen molar-refractivity contribution in [3.8, 4) is 0 Å². The van der Waals surface area contributed by atoms with Gasteiger partial charge in [0.25, 0.3) is 0 Å². The highest BCUT2D eigenvalue weighted by Gasteiger charge is 2.26. The number of anilines is 1. The average Bonchev–Trinajstić information content (AvgIpc) is 3.00. The molecule has 1 aromatic heterocycles. The summed E-state index contributed by atoms with van der Waals surface area (Å²) in [6, 6.07) is 0. The molecule has 1 heterocycles. The zero-order valence-corrected chi connectivity index (χ0v) is 8.88. The van der Waals surface area contributed by atoms with Gasteiger partial charge in [-0.25, -0.2) is 9.97 Å². The molecule has 0 bridgehead atoms. The molecule has 3 heteroatoms. The van der Waals surface area contributed by atoms with Crippen LogP contribution in [0.25, 0.3) is 0 Å². The van der Waals surface area contributed by atoms with E-state index in [9.17, 15) is 0 Å². The van der Waals surface area contributed by atoms with Crippen LogP contribution < -0.4 is 5.32 Å². The van der Waals surface area contributed by atoms with Crippen LogP contribution in [0.4, 0.5) is 5.95 Å². The monoisotopic (exact) mass is 191 g/mol. The molecule has 0 aromatic carbocycles. The Kier molecular flexibility index (Phi) is 2.66. The summed E-state index contributed by atoms with van der Waals surface area (Å²) in [6.07, 6.45) is 5.63. The number of hydrogen-bond donors (Lipinski definition) is 1. The summed E-state index contributed by atoms with van der Waals surface area (Å²) in [6.45, 7) is 5.19. The van der Waals surface area contributed by atoms with Crippen molar-refractivity contribution in [1.82, 2.24) is 9.97 Å². The van der Waals surface area contributed by atoms with E-state index in [1.807, 2.05) is 6.20 Å². The number of hydrogen-bond acceptors (Lipinski definition) is 3. The van der Waals surface area contributed by atoms with Crippen molar-refractivity contribution in [2.75, 3.05) is 11.9 Å². The minimum atomic E-state index is 0.708. The summed E-state index contributed by atoms with van der Waals surface area (Å²) >= 11 is 0. The van der Waals surface area contributed by atoms with Crippen LogP contribution in [0, 0.1) is 6.92 Å². The smallest absolute Gasteiger partial charge is 0.222 e. The van der Waals surface area contributed by atoms with Gasteiger partial charge >= 0.3 is 0 Å². The Hall–Kier alpha value is -1.12. The van der Waals surface area contributed by atoms with E-state index in [4.69, 9.17) is 0 Å². The summed E-state index contributed by atoms with van der Waals surface area (Å²) in [5, 5.41) is 3.22. The van der Waals surface area contributed by atoms with Crippen molar-refractivity contribution >= 4 is 5.95 Å². The van der Waals surface area contributed by atoms with Gasteiger partial charge in [-0.2, -0.15) is 0 Å². The van der Waals surface area contributed by atoms with Crippen LogP contribution in [0.2, 0.25) is 0 Å². The standard InChI is InChI=1S/C11H17N3/c1-3-6-12-11-13-7-8(2)10(14-11)9-4-5-9/h7,9H,3-6H2,1-2H3,(H,12,13,14). The molecule has 76 valence electrons. The first-order valence-corrected chi connectivity index (χ1v) is 5.38. The van der Waals surface area contributed by atoms with Crippen molar-refractivity contribution in [3.63, 3.8) is 0 Å². The molecule has 0 unspecified atom stereocenters. The number of aromatic nitrogens is 2.